The third kappa shape index (κ3) is 4.24. The Kier molecular flexibility index (Phi) is 4.57. The first-order valence-corrected chi connectivity index (χ1v) is 5.71. The van der Waals surface area contributed by atoms with Crippen molar-refractivity contribution in [3.63, 3.8) is 0 Å². The fourth-order valence-corrected chi connectivity index (χ4v) is 1.62. The molecule has 0 fully saturated rings. The van der Waals surface area contributed by atoms with Crippen molar-refractivity contribution in [3.8, 4) is 5.75 Å². The van der Waals surface area contributed by atoms with E-state index in [9.17, 15) is 18.0 Å². The van der Waals surface area contributed by atoms with Gasteiger partial charge in [0.25, 0.3) is 0 Å². The van der Waals surface area contributed by atoms with Crippen molar-refractivity contribution in [1.82, 2.24) is 0 Å². The summed E-state index contributed by atoms with van der Waals surface area (Å²) in [6.07, 6.45) is -4.84. The lowest BCUT2D eigenvalue weighted by Crippen LogP contribution is -2.35. The van der Waals surface area contributed by atoms with Crippen LogP contribution in [0.15, 0.2) is 24.3 Å². The summed E-state index contributed by atoms with van der Waals surface area (Å²) >= 11 is 0. The van der Waals surface area contributed by atoms with Gasteiger partial charge in [0.05, 0.1) is 5.56 Å². The average Bonchev–Trinajstić information content (AvgIpc) is 2.26. The molecule has 1 rings (SSSR count). The maximum atomic E-state index is 12.3. The molecule has 19 heavy (non-hydrogen) atoms. The molecular weight excluding hydrogens is 261 g/mol. The van der Waals surface area contributed by atoms with Crippen molar-refractivity contribution in [3.05, 3.63) is 29.8 Å². The molecule has 106 valence electrons. The van der Waals surface area contributed by atoms with Gasteiger partial charge in [-0.05, 0) is 32.9 Å². The highest BCUT2D eigenvalue weighted by atomic mass is 19.4. The molecule has 0 radical (unpaired) electrons. The molecule has 3 nitrogen and oxygen atoms in total. The highest BCUT2D eigenvalue weighted by molar-refractivity contribution is 6.04. The molecule has 0 saturated carbocycles. The van der Waals surface area contributed by atoms with Crippen LogP contribution in [0.25, 0.3) is 0 Å². The highest BCUT2D eigenvalue weighted by Crippen LogP contribution is 2.29. The molecular formula is C13H15F3O3. The standard InChI is InChI=1S/C13H15F3O3/c1-4-18-12(2,3)11(17)9-7-5-6-8-10(9)19-13(14,15)16/h5-8H,4H2,1-3H3. The second-order valence-corrected chi connectivity index (χ2v) is 4.32. The number of carbonyl (C=O) groups excluding carboxylic acids is 1. The van der Waals surface area contributed by atoms with E-state index in [2.05, 4.69) is 4.74 Å². The van der Waals surface area contributed by atoms with Crippen LogP contribution in [0.3, 0.4) is 0 Å². The van der Waals surface area contributed by atoms with Gasteiger partial charge in [-0.3, -0.25) is 4.79 Å². The monoisotopic (exact) mass is 276 g/mol. The summed E-state index contributed by atoms with van der Waals surface area (Å²) < 4.78 is 45.9. The van der Waals surface area contributed by atoms with Gasteiger partial charge >= 0.3 is 6.36 Å². The summed E-state index contributed by atoms with van der Waals surface area (Å²) in [6, 6.07) is 5.22. The molecule has 0 N–H and O–H groups in total. The number of benzene rings is 1. The summed E-state index contributed by atoms with van der Waals surface area (Å²) in [5, 5.41) is 0. The van der Waals surface area contributed by atoms with Gasteiger partial charge in [-0.25, -0.2) is 0 Å². The number of carbonyl (C=O) groups is 1. The Morgan fingerprint density at radius 3 is 2.32 bits per heavy atom. The predicted molar refractivity (Wildman–Crippen MR) is 63.2 cm³/mol. The molecule has 0 aliphatic heterocycles. The van der Waals surface area contributed by atoms with E-state index in [-0.39, 0.29) is 12.2 Å². The van der Waals surface area contributed by atoms with Gasteiger partial charge in [-0.2, -0.15) is 0 Å². The van der Waals surface area contributed by atoms with E-state index >= 15 is 0 Å². The fraction of sp³-hybridized carbons (Fsp3) is 0.462. The van der Waals surface area contributed by atoms with Gasteiger partial charge in [0, 0.05) is 6.61 Å². The Hall–Kier alpha value is -1.56. The number of halogens is 3. The van der Waals surface area contributed by atoms with Gasteiger partial charge in [-0.1, -0.05) is 12.1 Å². The number of hydrogen-bond donors (Lipinski definition) is 0. The van der Waals surface area contributed by atoms with E-state index in [0.717, 1.165) is 6.07 Å². The normalized spacial score (nSPS) is 12.3. The van der Waals surface area contributed by atoms with Crippen molar-refractivity contribution in [2.45, 2.75) is 32.7 Å². The van der Waals surface area contributed by atoms with E-state index < -0.39 is 23.5 Å². The SMILES string of the molecule is CCOC(C)(C)C(=O)c1ccccc1OC(F)(F)F. The summed E-state index contributed by atoms with van der Waals surface area (Å²) in [7, 11) is 0. The summed E-state index contributed by atoms with van der Waals surface area (Å²) in [5.74, 6) is -1.08. The Bertz CT molecular complexity index is 453. The molecule has 1 aromatic carbocycles. The van der Waals surface area contributed by atoms with Crippen LogP contribution in [0.1, 0.15) is 31.1 Å². The number of Topliss-reactive ketones (excluding diaryl/α,β-unsaturated/α-hetero) is 1. The van der Waals surface area contributed by atoms with Gasteiger partial charge < -0.3 is 9.47 Å². The van der Waals surface area contributed by atoms with Crippen LogP contribution in [0.4, 0.5) is 13.2 Å². The molecule has 0 amide bonds. The van der Waals surface area contributed by atoms with Crippen molar-refractivity contribution in [2.24, 2.45) is 0 Å². The first kappa shape index (κ1) is 15.5. The van der Waals surface area contributed by atoms with E-state index in [4.69, 9.17) is 4.74 Å². The Morgan fingerprint density at radius 2 is 1.79 bits per heavy atom. The van der Waals surface area contributed by atoms with Crippen LogP contribution in [-0.4, -0.2) is 24.4 Å². The van der Waals surface area contributed by atoms with Crippen molar-refractivity contribution < 1.29 is 27.4 Å². The van der Waals surface area contributed by atoms with Crippen molar-refractivity contribution in [2.75, 3.05) is 6.61 Å². The topological polar surface area (TPSA) is 35.5 Å². The van der Waals surface area contributed by atoms with Crippen LogP contribution in [0.5, 0.6) is 5.75 Å². The molecule has 0 atom stereocenters. The summed E-state index contributed by atoms with van der Waals surface area (Å²) in [6.45, 7) is 4.99. The van der Waals surface area contributed by atoms with Crippen LogP contribution in [0.2, 0.25) is 0 Å². The van der Waals surface area contributed by atoms with Crippen LogP contribution >= 0.6 is 0 Å². The Balaban J connectivity index is 3.10. The number of ether oxygens (including phenoxy) is 2. The average molecular weight is 276 g/mol. The van der Waals surface area contributed by atoms with Crippen LogP contribution in [-0.2, 0) is 4.74 Å². The van der Waals surface area contributed by atoms with Crippen molar-refractivity contribution >= 4 is 5.78 Å². The maximum absolute atomic E-state index is 12.3. The number of rotatable bonds is 5. The Morgan fingerprint density at radius 1 is 1.21 bits per heavy atom. The van der Waals surface area contributed by atoms with E-state index in [0.29, 0.717) is 0 Å². The molecule has 0 aliphatic rings. The third-order valence-corrected chi connectivity index (χ3v) is 2.41. The number of para-hydroxylation sites is 1. The molecule has 0 heterocycles. The van der Waals surface area contributed by atoms with Crippen LogP contribution in [0, 0.1) is 0 Å². The molecule has 6 heteroatoms. The second-order valence-electron chi connectivity index (χ2n) is 4.32. The summed E-state index contributed by atoms with van der Waals surface area (Å²) in [4.78, 5) is 12.2. The van der Waals surface area contributed by atoms with Gasteiger partial charge in [0.1, 0.15) is 11.4 Å². The first-order chi connectivity index (χ1) is 8.67. The molecule has 0 aliphatic carbocycles. The quantitative estimate of drug-likeness (QED) is 0.771. The minimum absolute atomic E-state index is 0.154. The van der Waals surface area contributed by atoms with Gasteiger partial charge in [0.15, 0.2) is 5.78 Å². The zero-order chi connectivity index (χ0) is 14.7. The summed E-state index contributed by atoms with van der Waals surface area (Å²) in [5.41, 5.74) is -1.36. The van der Waals surface area contributed by atoms with E-state index in [1.807, 2.05) is 0 Å². The fourth-order valence-electron chi connectivity index (χ4n) is 1.62. The smallest absolute Gasteiger partial charge is 0.405 e. The minimum atomic E-state index is -4.84. The molecule has 0 saturated heterocycles. The van der Waals surface area contributed by atoms with Gasteiger partial charge in [0.2, 0.25) is 0 Å². The zero-order valence-electron chi connectivity index (χ0n) is 10.9. The molecule has 0 spiro atoms. The lowest BCUT2D eigenvalue weighted by atomic mass is 9.96. The lowest BCUT2D eigenvalue weighted by molar-refractivity contribution is -0.274. The molecule has 0 unspecified atom stereocenters. The first-order valence-electron chi connectivity index (χ1n) is 5.71. The minimum Gasteiger partial charge on any atom is -0.405 e. The molecule has 1 aromatic rings. The zero-order valence-corrected chi connectivity index (χ0v) is 10.9. The van der Waals surface area contributed by atoms with Gasteiger partial charge in [-0.15, -0.1) is 13.2 Å². The highest BCUT2D eigenvalue weighted by Gasteiger charge is 2.36. The largest absolute Gasteiger partial charge is 0.573 e. The van der Waals surface area contributed by atoms with Crippen LogP contribution < -0.4 is 4.74 Å². The van der Waals surface area contributed by atoms with E-state index in [1.54, 1.807) is 6.92 Å². The number of hydrogen-bond acceptors (Lipinski definition) is 3. The molecule has 0 bridgehead atoms. The third-order valence-electron chi connectivity index (χ3n) is 2.41. The lowest BCUT2D eigenvalue weighted by Gasteiger charge is -2.24. The maximum Gasteiger partial charge on any atom is 0.573 e. The second kappa shape index (κ2) is 5.61. The van der Waals surface area contributed by atoms with E-state index in [1.165, 1.54) is 32.0 Å². The number of ketones is 1. The Labute approximate surface area is 109 Å². The predicted octanol–water partition coefficient (Wildman–Crippen LogP) is 3.58. The molecule has 0 aromatic heterocycles. The number of alkyl halides is 3. The van der Waals surface area contributed by atoms with Crippen molar-refractivity contribution in [1.29, 1.82) is 0 Å².